The zero-order valence-electron chi connectivity index (χ0n) is 16.4. The number of nitro groups is 1. The van der Waals surface area contributed by atoms with Crippen molar-refractivity contribution in [2.45, 2.75) is 23.1 Å². The summed E-state index contributed by atoms with van der Waals surface area (Å²) < 4.78 is 5.24. The Balaban J connectivity index is 1.64. The minimum Gasteiger partial charge on any atom is -0.497 e. The van der Waals surface area contributed by atoms with Crippen LogP contribution in [0.4, 0.5) is 11.4 Å². The normalized spacial score (nSPS) is 16.0. The number of fused-ring (bicyclic) bond motifs is 1. The van der Waals surface area contributed by atoms with Gasteiger partial charge in [-0.05, 0) is 35.4 Å². The number of carbonyl (C=O) groups is 1. The first kappa shape index (κ1) is 20.0. The lowest BCUT2D eigenvalue weighted by Gasteiger charge is -2.22. The molecule has 6 nitrogen and oxygen atoms in total. The van der Waals surface area contributed by atoms with Crippen LogP contribution >= 0.6 is 11.8 Å². The summed E-state index contributed by atoms with van der Waals surface area (Å²) in [7, 11) is 1.63. The third-order valence-electron chi connectivity index (χ3n) is 5.06. The van der Waals surface area contributed by atoms with Gasteiger partial charge in [0.25, 0.3) is 5.69 Å². The molecule has 1 amide bonds. The summed E-state index contributed by atoms with van der Waals surface area (Å²) in [6.07, 6.45) is 0.360. The fraction of sp³-hybridized carbons (Fsp3) is 0.174. The molecule has 3 aromatic carbocycles. The molecule has 0 unspecified atom stereocenters. The predicted molar refractivity (Wildman–Crippen MR) is 117 cm³/mol. The van der Waals surface area contributed by atoms with Crippen LogP contribution in [-0.2, 0) is 11.3 Å². The van der Waals surface area contributed by atoms with Crippen molar-refractivity contribution in [2.24, 2.45) is 0 Å². The van der Waals surface area contributed by atoms with Crippen molar-refractivity contribution in [1.29, 1.82) is 0 Å². The molecular weight excluding hydrogens is 400 g/mol. The third kappa shape index (κ3) is 4.16. The minimum absolute atomic E-state index is 0.00795. The molecule has 4 rings (SSSR count). The summed E-state index contributed by atoms with van der Waals surface area (Å²) in [5, 5.41) is 10.9. The van der Waals surface area contributed by atoms with E-state index in [9.17, 15) is 14.9 Å². The van der Waals surface area contributed by atoms with Crippen molar-refractivity contribution in [2.75, 3.05) is 12.0 Å². The molecule has 1 heterocycles. The Morgan fingerprint density at radius 3 is 2.43 bits per heavy atom. The maximum absolute atomic E-state index is 13.2. The number of rotatable bonds is 5. The summed E-state index contributed by atoms with van der Waals surface area (Å²) in [6, 6.07) is 22.0. The number of ether oxygens (including phenoxy) is 1. The predicted octanol–water partition coefficient (Wildman–Crippen LogP) is 5.37. The molecule has 0 saturated carbocycles. The van der Waals surface area contributed by atoms with Gasteiger partial charge in [0.2, 0.25) is 5.91 Å². The van der Waals surface area contributed by atoms with Gasteiger partial charge in [0.1, 0.15) is 5.75 Å². The van der Waals surface area contributed by atoms with Crippen LogP contribution in [0.3, 0.4) is 0 Å². The van der Waals surface area contributed by atoms with E-state index in [-0.39, 0.29) is 16.8 Å². The molecule has 0 saturated heterocycles. The van der Waals surface area contributed by atoms with E-state index in [0.717, 1.165) is 27.5 Å². The molecule has 1 aliphatic rings. The largest absolute Gasteiger partial charge is 0.497 e. The van der Waals surface area contributed by atoms with E-state index in [2.05, 4.69) is 0 Å². The van der Waals surface area contributed by atoms with Gasteiger partial charge in [0, 0.05) is 28.7 Å². The molecule has 0 aliphatic carbocycles. The average Bonchev–Trinajstić information content (AvgIpc) is 2.91. The third-order valence-corrected chi connectivity index (χ3v) is 6.38. The Bertz CT molecular complexity index is 1070. The van der Waals surface area contributed by atoms with Gasteiger partial charge in [-0.1, -0.05) is 36.4 Å². The summed E-state index contributed by atoms with van der Waals surface area (Å²) in [4.78, 5) is 26.5. The van der Waals surface area contributed by atoms with Crippen molar-refractivity contribution in [1.82, 2.24) is 0 Å². The molecule has 0 radical (unpaired) electrons. The monoisotopic (exact) mass is 420 g/mol. The number of non-ortho nitro benzene ring substituents is 1. The molecule has 0 aromatic heterocycles. The maximum atomic E-state index is 13.2. The lowest BCUT2D eigenvalue weighted by Crippen LogP contribution is -2.30. The van der Waals surface area contributed by atoms with Gasteiger partial charge >= 0.3 is 0 Å². The lowest BCUT2D eigenvalue weighted by molar-refractivity contribution is -0.384. The van der Waals surface area contributed by atoms with Crippen LogP contribution in [-0.4, -0.2) is 17.9 Å². The molecule has 0 spiro atoms. The van der Waals surface area contributed by atoms with E-state index in [0.29, 0.717) is 13.0 Å². The zero-order chi connectivity index (χ0) is 21.1. The first-order valence-corrected chi connectivity index (χ1v) is 10.4. The smallest absolute Gasteiger partial charge is 0.269 e. The summed E-state index contributed by atoms with van der Waals surface area (Å²) >= 11 is 1.68. The highest BCUT2D eigenvalue weighted by Crippen LogP contribution is 2.46. The van der Waals surface area contributed by atoms with Crippen LogP contribution in [0.1, 0.15) is 22.8 Å². The number of para-hydroxylation sites is 1. The molecule has 1 aliphatic heterocycles. The topological polar surface area (TPSA) is 72.7 Å². The van der Waals surface area contributed by atoms with Crippen molar-refractivity contribution in [3.05, 3.63) is 94.0 Å². The second-order valence-corrected chi connectivity index (χ2v) is 8.20. The van der Waals surface area contributed by atoms with Crippen LogP contribution in [0.15, 0.2) is 77.7 Å². The molecule has 7 heteroatoms. The highest BCUT2D eigenvalue weighted by Gasteiger charge is 2.29. The number of hydrogen-bond donors (Lipinski definition) is 0. The summed E-state index contributed by atoms with van der Waals surface area (Å²) in [6.45, 7) is 0.365. The number of hydrogen-bond acceptors (Lipinski definition) is 5. The Morgan fingerprint density at radius 2 is 1.77 bits per heavy atom. The Morgan fingerprint density at radius 1 is 1.07 bits per heavy atom. The number of anilines is 1. The first-order chi connectivity index (χ1) is 14.5. The zero-order valence-corrected chi connectivity index (χ0v) is 17.2. The van der Waals surface area contributed by atoms with Gasteiger partial charge in [0.05, 0.1) is 24.3 Å². The molecular formula is C23H20N2O4S. The van der Waals surface area contributed by atoms with E-state index in [1.165, 1.54) is 12.1 Å². The quantitative estimate of drug-likeness (QED) is 0.410. The number of benzene rings is 3. The average molecular weight is 420 g/mol. The van der Waals surface area contributed by atoms with Crippen molar-refractivity contribution < 1.29 is 14.5 Å². The molecule has 3 aromatic rings. The van der Waals surface area contributed by atoms with Crippen molar-refractivity contribution in [3.63, 3.8) is 0 Å². The number of methoxy groups -OCH3 is 1. The number of thioether (sulfide) groups is 1. The van der Waals surface area contributed by atoms with Crippen LogP contribution in [0.2, 0.25) is 0 Å². The van der Waals surface area contributed by atoms with Crippen molar-refractivity contribution >= 4 is 29.0 Å². The van der Waals surface area contributed by atoms with E-state index >= 15 is 0 Å². The van der Waals surface area contributed by atoms with E-state index in [1.54, 1.807) is 35.9 Å². The van der Waals surface area contributed by atoms with Gasteiger partial charge in [-0.2, -0.15) is 0 Å². The van der Waals surface area contributed by atoms with E-state index in [1.807, 2.05) is 48.5 Å². The maximum Gasteiger partial charge on any atom is 0.269 e. The number of nitro benzene ring substituents is 1. The van der Waals surface area contributed by atoms with Gasteiger partial charge in [-0.25, -0.2) is 0 Å². The van der Waals surface area contributed by atoms with Gasteiger partial charge in [-0.15, -0.1) is 11.8 Å². The molecule has 0 fully saturated rings. The fourth-order valence-corrected chi connectivity index (χ4v) is 4.74. The second kappa shape index (κ2) is 8.59. The Labute approximate surface area is 178 Å². The van der Waals surface area contributed by atoms with E-state index < -0.39 is 4.92 Å². The van der Waals surface area contributed by atoms with Crippen LogP contribution < -0.4 is 9.64 Å². The fourth-order valence-electron chi connectivity index (χ4n) is 3.46. The second-order valence-electron chi connectivity index (χ2n) is 6.95. The van der Waals surface area contributed by atoms with Gasteiger partial charge < -0.3 is 9.64 Å². The highest BCUT2D eigenvalue weighted by atomic mass is 32.2. The standard InChI is InChI=1S/C23H20N2O4S/c1-29-19-12-8-17(9-13-19)22-14-23(26)24(20-4-2-3-5-21(20)30-22)15-16-6-10-18(11-7-16)25(27)28/h2-13,22H,14-15H2,1H3/t22-/m0/s1. The molecule has 152 valence electrons. The number of nitrogens with zero attached hydrogens (tertiary/aromatic N) is 2. The molecule has 0 bridgehead atoms. The van der Waals surface area contributed by atoms with Crippen LogP contribution in [0, 0.1) is 10.1 Å². The van der Waals surface area contributed by atoms with Crippen LogP contribution in [0.5, 0.6) is 5.75 Å². The number of carbonyl (C=O) groups excluding carboxylic acids is 1. The molecule has 0 N–H and O–H groups in total. The lowest BCUT2D eigenvalue weighted by atomic mass is 10.1. The van der Waals surface area contributed by atoms with E-state index in [4.69, 9.17) is 4.74 Å². The summed E-state index contributed by atoms with van der Waals surface area (Å²) in [5.74, 6) is 0.801. The Hall–Kier alpha value is -3.32. The Kier molecular flexibility index (Phi) is 5.72. The molecule has 1 atom stereocenters. The molecule has 30 heavy (non-hydrogen) atoms. The van der Waals surface area contributed by atoms with Gasteiger partial charge in [0.15, 0.2) is 0 Å². The van der Waals surface area contributed by atoms with Gasteiger partial charge in [-0.3, -0.25) is 14.9 Å². The first-order valence-electron chi connectivity index (χ1n) is 9.48. The highest BCUT2D eigenvalue weighted by molar-refractivity contribution is 7.99. The number of amides is 1. The van der Waals surface area contributed by atoms with Crippen LogP contribution in [0.25, 0.3) is 0 Å². The summed E-state index contributed by atoms with van der Waals surface area (Å²) in [5.41, 5.74) is 2.82. The SMILES string of the molecule is COc1ccc([C@@H]2CC(=O)N(Cc3ccc([N+](=O)[O-])cc3)c3ccccc3S2)cc1. The minimum atomic E-state index is -0.424. The van der Waals surface area contributed by atoms with Crippen molar-refractivity contribution in [3.8, 4) is 5.75 Å².